The second-order valence-electron chi connectivity index (χ2n) is 5.78. The minimum Gasteiger partial charge on any atom is -0.344 e. The summed E-state index contributed by atoms with van der Waals surface area (Å²) in [5, 5.41) is 5.14. The molecule has 2 aliphatic heterocycles. The first-order chi connectivity index (χ1) is 8.84. The molecule has 1 saturated heterocycles. The van der Waals surface area contributed by atoms with E-state index in [1.807, 2.05) is 0 Å². The topological polar surface area (TPSA) is 17.0 Å². The first kappa shape index (κ1) is 10.6. The predicted molar refractivity (Wildman–Crippen MR) is 75.1 cm³/mol. The van der Waals surface area contributed by atoms with Crippen LogP contribution in [0.5, 0.6) is 0 Å². The summed E-state index contributed by atoms with van der Waals surface area (Å²) in [4.78, 5) is 0. The number of aromatic nitrogens is 1. The second kappa shape index (κ2) is 3.86. The quantitative estimate of drug-likeness (QED) is 0.854. The molecule has 2 aromatic rings. The van der Waals surface area contributed by atoms with E-state index in [2.05, 4.69) is 35.0 Å². The minimum atomic E-state index is 0.700. The average molecular weight is 240 g/mol. The van der Waals surface area contributed by atoms with Crippen molar-refractivity contribution < 1.29 is 0 Å². The zero-order chi connectivity index (χ0) is 12.1. The Bertz CT molecular complexity index is 603. The van der Waals surface area contributed by atoms with Crippen molar-refractivity contribution in [1.29, 1.82) is 0 Å². The molecule has 0 radical (unpaired) electrons. The summed E-state index contributed by atoms with van der Waals surface area (Å²) in [6.07, 6.45) is 5.10. The summed E-state index contributed by atoms with van der Waals surface area (Å²) < 4.78 is 2.54. The van der Waals surface area contributed by atoms with E-state index in [1.165, 1.54) is 55.4 Å². The van der Waals surface area contributed by atoms with Crippen molar-refractivity contribution in [3.63, 3.8) is 0 Å². The number of nitrogens with zero attached hydrogens (tertiary/aromatic N) is 1. The molecule has 0 spiro atoms. The molecule has 1 N–H and O–H groups in total. The Morgan fingerprint density at radius 3 is 3.17 bits per heavy atom. The molecular formula is C16H20N2. The molecule has 2 aliphatic rings. The van der Waals surface area contributed by atoms with E-state index in [1.54, 1.807) is 11.1 Å². The van der Waals surface area contributed by atoms with Crippen LogP contribution in [0.3, 0.4) is 0 Å². The van der Waals surface area contributed by atoms with Crippen LogP contribution in [0.1, 0.15) is 29.7 Å². The third-order valence-electron chi connectivity index (χ3n) is 4.77. The molecule has 1 unspecified atom stereocenters. The maximum atomic E-state index is 3.63. The van der Waals surface area contributed by atoms with Crippen LogP contribution in [-0.2, 0) is 19.4 Å². The summed E-state index contributed by atoms with van der Waals surface area (Å²) in [5.41, 5.74) is 6.15. The van der Waals surface area contributed by atoms with Crippen molar-refractivity contribution in [3.8, 4) is 0 Å². The average Bonchev–Trinajstić information content (AvgIpc) is 3.08. The standard InChI is InChI=1S/C16H20N2/c1-11-15(10-13-5-3-8-17-13)14-6-2-4-12-7-9-18(11)16(12)14/h2,4,6,13,17H,3,5,7-10H2,1H3. The summed E-state index contributed by atoms with van der Waals surface area (Å²) >= 11 is 0. The molecule has 0 amide bonds. The lowest BCUT2D eigenvalue weighted by Gasteiger charge is -2.11. The fourth-order valence-corrected chi connectivity index (χ4v) is 3.83. The largest absolute Gasteiger partial charge is 0.344 e. The smallest absolute Gasteiger partial charge is 0.0518 e. The number of nitrogens with one attached hydrogen (secondary N) is 1. The van der Waals surface area contributed by atoms with Crippen LogP contribution in [0.2, 0.25) is 0 Å². The molecule has 2 nitrogen and oxygen atoms in total. The fourth-order valence-electron chi connectivity index (χ4n) is 3.83. The molecule has 0 aliphatic carbocycles. The molecule has 0 bridgehead atoms. The van der Waals surface area contributed by atoms with Crippen molar-refractivity contribution in [2.24, 2.45) is 0 Å². The van der Waals surface area contributed by atoms with Gasteiger partial charge in [0.2, 0.25) is 0 Å². The van der Waals surface area contributed by atoms with Gasteiger partial charge in [0, 0.05) is 23.7 Å². The zero-order valence-corrected chi connectivity index (χ0v) is 11.0. The zero-order valence-electron chi connectivity index (χ0n) is 11.0. The monoisotopic (exact) mass is 240 g/mol. The molecule has 18 heavy (non-hydrogen) atoms. The maximum absolute atomic E-state index is 3.63. The van der Waals surface area contributed by atoms with Crippen LogP contribution in [0.4, 0.5) is 0 Å². The third-order valence-corrected chi connectivity index (χ3v) is 4.77. The summed E-state index contributed by atoms with van der Waals surface area (Å²) in [5.74, 6) is 0. The van der Waals surface area contributed by atoms with E-state index < -0.39 is 0 Å². The number of hydrogen-bond donors (Lipinski definition) is 1. The number of hydrogen-bond acceptors (Lipinski definition) is 1. The van der Waals surface area contributed by atoms with E-state index in [0.717, 1.165) is 0 Å². The van der Waals surface area contributed by atoms with Gasteiger partial charge in [0.25, 0.3) is 0 Å². The molecule has 4 rings (SSSR count). The molecular weight excluding hydrogens is 220 g/mol. The van der Waals surface area contributed by atoms with Gasteiger partial charge < -0.3 is 9.88 Å². The number of para-hydroxylation sites is 1. The number of aryl methyl sites for hydroxylation is 2. The molecule has 1 aromatic heterocycles. The van der Waals surface area contributed by atoms with Crippen LogP contribution in [0.25, 0.3) is 10.9 Å². The van der Waals surface area contributed by atoms with Crippen LogP contribution >= 0.6 is 0 Å². The highest BCUT2D eigenvalue weighted by molar-refractivity contribution is 5.89. The van der Waals surface area contributed by atoms with Crippen LogP contribution in [0.15, 0.2) is 18.2 Å². The Kier molecular flexibility index (Phi) is 2.28. The summed E-state index contributed by atoms with van der Waals surface area (Å²) in [6, 6.07) is 7.55. The van der Waals surface area contributed by atoms with Crippen molar-refractivity contribution >= 4 is 10.9 Å². The summed E-state index contributed by atoms with van der Waals surface area (Å²) in [6.45, 7) is 4.69. The van der Waals surface area contributed by atoms with Gasteiger partial charge in [-0.2, -0.15) is 0 Å². The van der Waals surface area contributed by atoms with Gasteiger partial charge in [0.15, 0.2) is 0 Å². The Balaban J connectivity index is 1.85. The Hall–Kier alpha value is -1.28. The minimum absolute atomic E-state index is 0.700. The molecule has 3 heterocycles. The number of rotatable bonds is 2. The third kappa shape index (κ3) is 1.39. The molecule has 94 valence electrons. The van der Waals surface area contributed by atoms with Crippen LogP contribution in [0, 0.1) is 6.92 Å². The lowest BCUT2D eigenvalue weighted by atomic mass is 10.00. The van der Waals surface area contributed by atoms with Gasteiger partial charge in [-0.25, -0.2) is 0 Å². The molecule has 1 atom stereocenters. The van der Waals surface area contributed by atoms with E-state index in [-0.39, 0.29) is 0 Å². The Labute approximate surface area is 108 Å². The maximum Gasteiger partial charge on any atom is 0.0518 e. The SMILES string of the molecule is Cc1c(CC2CCCN2)c2cccc3c2n1CC3. The van der Waals surface area contributed by atoms with E-state index in [4.69, 9.17) is 0 Å². The van der Waals surface area contributed by atoms with Gasteiger partial charge in [-0.3, -0.25) is 0 Å². The Morgan fingerprint density at radius 1 is 1.39 bits per heavy atom. The van der Waals surface area contributed by atoms with Crippen molar-refractivity contribution in [1.82, 2.24) is 9.88 Å². The van der Waals surface area contributed by atoms with E-state index in [0.29, 0.717) is 6.04 Å². The lowest BCUT2D eigenvalue weighted by molar-refractivity contribution is 0.600. The lowest BCUT2D eigenvalue weighted by Crippen LogP contribution is -2.24. The van der Waals surface area contributed by atoms with Gasteiger partial charge in [-0.05, 0) is 50.3 Å². The van der Waals surface area contributed by atoms with Crippen molar-refractivity contribution in [3.05, 3.63) is 35.0 Å². The van der Waals surface area contributed by atoms with Crippen molar-refractivity contribution in [2.45, 2.75) is 45.2 Å². The molecule has 1 aromatic carbocycles. The normalized spacial score (nSPS) is 22.2. The number of benzene rings is 1. The highest BCUT2D eigenvalue weighted by atomic mass is 15.0. The molecule has 2 heteroatoms. The van der Waals surface area contributed by atoms with Crippen LogP contribution in [-0.4, -0.2) is 17.2 Å². The van der Waals surface area contributed by atoms with Gasteiger partial charge in [0.05, 0.1) is 5.52 Å². The second-order valence-corrected chi connectivity index (χ2v) is 5.78. The predicted octanol–water partition coefficient (Wildman–Crippen LogP) is 2.80. The highest BCUT2D eigenvalue weighted by Gasteiger charge is 2.23. The van der Waals surface area contributed by atoms with E-state index >= 15 is 0 Å². The molecule has 0 saturated carbocycles. The molecule has 1 fully saturated rings. The van der Waals surface area contributed by atoms with Gasteiger partial charge in [-0.1, -0.05) is 18.2 Å². The van der Waals surface area contributed by atoms with Gasteiger partial charge in [-0.15, -0.1) is 0 Å². The first-order valence-electron chi connectivity index (χ1n) is 7.17. The highest BCUT2D eigenvalue weighted by Crippen LogP contribution is 2.34. The Morgan fingerprint density at radius 2 is 2.33 bits per heavy atom. The first-order valence-corrected chi connectivity index (χ1v) is 7.17. The van der Waals surface area contributed by atoms with Gasteiger partial charge in [0.1, 0.15) is 0 Å². The summed E-state index contributed by atoms with van der Waals surface area (Å²) in [7, 11) is 0. The fraction of sp³-hybridized carbons (Fsp3) is 0.500. The van der Waals surface area contributed by atoms with Crippen molar-refractivity contribution in [2.75, 3.05) is 6.54 Å². The van der Waals surface area contributed by atoms with Gasteiger partial charge >= 0.3 is 0 Å². The van der Waals surface area contributed by atoms with E-state index in [9.17, 15) is 0 Å². The van der Waals surface area contributed by atoms with Crippen LogP contribution < -0.4 is 5.32 Å².